The largest absolute Gasteiger partial charge is 0.369 e. The van der Waals surface area contributed by atoms with Gasteiger partial charge in [-0.1, -0.05) is 36.9 Å². The Hall–Kier alpha value is -2.10. The van der Waals surface area contributed by atoms with Crippen molar-refractivity contribution in [2.75, 3.05) is 13.1 Å². The Morgan fingerprint density at radius 3 is 2.26 bits per heavy atom. The van der Waals surface area contributed by atoms with Gasteiger partial charge in [-0.05, 0) is 24.5 Å². The molecule has 2 amide bonds. The highest BCUT2D eigenvalue weighted by Gasteiger charge is 2.41. The van der Waals surface area contributed by atoms with Crippen LogP contribution in [0.5, 0.6) is 0 Å². The van der Waals surface area contributed by atoms with Crippen LogP contribution >= 0.6 is 0 Å². The zero-order chi connectivity index (χ0) is 13.9. The quantitative estimate of drug-likeness (QED) is 0.828. The van der Waals surface area contributed by atoms with Crippen LogP contribution in [0.1, 0.15) is 18.4 Å². The van der Waals surface area contributed by atoms with E-state index in [1.165, 1.54) is 6.08 Å². The van der Waals surface area contributed by atoms with Gasteiger partial charge in [-0.2, -0.15) is 0 Å². The number of hydrogen-bond acceptors (Lipinski definition) is 2. The molecule has 1 aliphatic heterocycles. The Kier molecular flexibility index (Phi) is 3.69. The van der Waals surface area contributed by atoms with Crippen LogP contribution in [-0.4, -0.2) is 29.8 Å². The molecular weight excluding hydrogens is 240 g/mol. The van der Waals surface area contributed by atoms with E-state index in [0.717, 1.165) is 5.56 Å². The first-order chi connectivity index (χ1) is 9.10. The average Bonchev–Trinajstić information content (AvgIpc) is 2.47. The highest BCUT2D eigenvalue weighted by Crippen LogP contribution is 2.35. The lowest BCUT2D eigenvalue weighted by Crippen LogP contribution is -2.51. The van der Waals surface area contributed by atoms with Crippen molar-refractivity contribution in [1.82, 2.24) is 4.90 Å². The number of carbonyl (C=O) groups excluding carboxylic acids is 2. The van der Waals surface area contributed by atoms with Crippen LogP contribution in [0.2, 0.25) is 0 Å². The van der Waals surface area contributed by atoms with Gasteiger partial charge >= 0.3 is 0 Å². The van der Waals surface area contributed by atoms with E-state index in [4.69, 9.17) is 5.73 Å². The maximum Gasteiger partial charge on any atom is 0.245 e. The fourth-order valence-corrected chi connectivity index (χ4v) is 2.67. The maximum atomic E-state index is 11.9. The molecule has 2 rings (SSSR count). The van der Waals surface area contributed by atoms with Crippen molar-refractivity contribution in [2.45, 2.75) is 18.3 Å². The third-order valence-corrected chi connectivity index (χ3v) is 3.90. The lowest BCUT2D eigenvalue weighted by Gasteiger charge is -2.39. The second kappa shape index (κ2) is 5.26. The molecule has 0 bridgehead atoms. The van der Waals surface area contributed by atoms with Gasteiger partial charge in [0.25, 0.3) is 0 Å². The SMILES string of the molecule is C=CC(=O)N1CCC(C(N)=O)(c2ccccc2)CC1. The van der Waals surface area contributed by atoms with Crippen molar-refractivity contribution in [3.63, 3.8) is 0 Å². The summed E-state index contributed by atoms with van der Waals surface area (Å²) in [5.74, 6) is -0.407. The number of rotatable bonds is 3. The number of piperidine rings is 1. The van der Waals surface area contributed by atoms with Gasteiger partial charge in [-0.3, -0.25) is 9.59 Å². The fourth-order valence-electron chi connectivity index (χ4n) is 2.67. The molecule has 100 valence electrons. The topological polar surface area (TPSA) is 63.4 Å². The molecule has 1 heterocycles. The van der Waals surface area contributed by atoms with E-state index >= 15 is 0 Å². The predicted octanol–water partition coefficient (Wildman–Crippen LogP) is 1.22. The molecule has 1 fully saturated rings. The number of nitrogens with two attached hydrogens (primary N) is 1. The number of benzene rings is 1. The fraction of sp³-hybridized carbons (Fsp3) is 0.333. The molecule has 4 nitrogen and oxygen atoms in total. The number of primary amides is 1. The van der Waals surface area contributed by atoms with Crippen molar-refractivity contribution < 1.29 is 9.59 Å². The number of amides is 2. The van der Waals surface area contributed by atoms with Gasteiger partial charge in [0.2, 0.25) is 11.8 Å². The molecule has 0 aromatic heterocycles. The molecule has 1 aromatic carbocycles. The predicted molar refractivity (Wildman–Crippen MR) is 73.3 cm³/mol. The summed E-state index contributed by atoms with van der Waals surface area (Å²) in [5.41, 5.74) is 5.91. The molecule has 0 radical (unpaired) electrons. The summed E-state index contributed by atoms with van der Waals surface area (Å²) in [4.78, 5) is 25.2. The van der Waals surface area contributed by atoms with E-state index in [1.54, 1.807) is 4.90 Å². The van der Waals surface area contributed by atoms with Gasteiger partial charge < -0.3 is 10.6 Å². The second-order valence-corrected chi connectivity index (χ2v) is 4.84. The highest BCUT2D eigenvalue weighted by molar-refractivity contribution is 5.89. The summed E-state index contributed by atoms with van der Waals surface area (Å²) in [6, 6.07) is 9.57. The number of carbonyl (C=O) groups is 2. The Morgan fingerprint density at radius 1 is 1.21 bits per heavy atom. The summed E-state index contributed by atoms with van der Waals surface area (Å²) >= 11 is 0. The summed E-state index contributed by atoms with van der Waals surface area (Å²) < 4.78 is 0. The molecule has 0 aliphatic carbocycles. The minimum Gasteiger partial charge on any atom is -0.369 e. The zero-order valence-electron chi connectivity index (χ0n) is 10.8. The molecule has 1 aromatic rings. The van der Waals surface area contributed by atoms with Gasteiger partial charge in [-0.25, -0.2) is 0 Å². The first kappa shape index (κ1) is 13.3. The molecule has 19 heavy (non-hydrogen) atoms. The van der Waals surface area contributed by atoms with E-state index in [2.05, 4.69) is 6.58 Å². The molecule has 4 heteroatoms. The molecule has 1 aliphatic rings. The van der Waals surface area contributed by atoms with Crippen LogP contribution < -0.4 is 5.73 Å². The Labute approximate surface area is 112 Å². The van der Waals surface area contributed by atoms with E-state index in [0.29, 0.717) is 25.9 Å². The summed E-state index contributed by atoms with van der Waals surface area (Å²) in [7, 11) is 0. The molecule has 0 atom stereocenters. The first-order valence-corrected chi connectivity index (χ1v) is 6.37. The first-order valence-electron chi connectivity index (χ1n) is 6.37. The van der Waals surface area contributed by atoms with E-state index < -0.39 is 5.41 Å². The van der Waals surface area contributed by atoms with Crippen LogP contribution in [0.4, 0.5) is 0 Å². The van der Waals surface area contributed by atoms with Crippen LogP contribution in [0, 0.1) is 0 Å². The normalized spacial score (nSPS) is 17.8. The molecule has 2 N–H and O–H groups in total. The van der Waals surface area contributed by atoms with Crippen molar-refractivity contribution >= 4 is 11.8 Å². The number of nitrogens with zero attached hydrogens (tertiary/aromatic N) is 1. The lowest BCUT2D eigenvalue weighted by atomic mass is 9.72. The molecule has 1 saturated heterocycles. The molecular formula is C15H18N2O2. The van der Waals surface area contributed by atoms with Crippen molar-refractivity contribution in [3.8, 4) is 0 Å². The number of likely N-dealkylation sites (tertiary alicyclic amines) is 1. The minimum absolute atomic E-state index is 0.0915. The van der Waals surface area contributed by atoms with Gasteiger partial charge in [0.15, 0.2) is 0 Å². The van der Waals surface area contributed by atoms with Crippen LogP contribution in [-0.2, 0) is 15.0 Å². The van der Waals surface area contributed by atoms with Gasteiger partial charge in [0.05, 0.1) is 5.41 Å². The molecule has 0 spiro atoms. The third-order valence-electron chi connectivity index (χ3n) is 3.90. The third kappa shape index (κ3) is 2.38. The minimum atomic E-state index is -0.654. The molecule has 0 saturated carbocycles. The Bertz CT molecular complexity index is 488. The van der Waals surface area contributed by atoms with Gasteiger partial charge in [0.1, 0.15) is 0 Å². The lowest BCUT2D eigenvalue weighted by molar-refractivity contribution is -0.132. The van der Waals surface area contributed by atoms with E-state index in [9.17, 15) is 9.59 Å². The maximum absolute atomic E-state index is 11.9. The summed E-state index contributed by atoms with van der Waals surface area (Å²) in [6.45, 7) is 4.54. The second-order valence-electron chi connectivity index (χ2n) is 4.84. The number of hydrogen-bond donors (Lipinski definition) is 1. The Balaban J connectivity index is 2.24. The zero-order valence-corrected chi connectivity index (χ0v) is 10.8. The smallest absolute Gasteiger partial charge is 0.245 e. The van der Waals surface area contributed by atoms with E-state index in [-0.39, 0.29) is 11.8 Å². The van der Waals surface area contributed by atoms with Crippen LogP contribution in [0.3, 0.4) is 0 Å². The molecule has 0 unspecified atom stereocenters. The monoisotopic (exact) mass is 258 g/mol. The van der Waals surface area contributed by atoms with Crippen molar-refractivity contribution in [2.24, 2.45) is 5.73 Å². The van der Waals surface area contributed by atoms with Crippen molar-refractivity contribution in [3.05, 3.63) is 48.6 Å². The Morgan fingerprint density at radius 2 is 1.79 bits per heavy atom. The van der Waals surface area contributed by atoms with Crippen molar-refractivity contribution in [1.29, 1.82) is 0 Å². The summed E-state index contributed by atoms with van der Waals surface area (Å²) in [6.07, 6.45) is 2.43. The summed E-state index contributed by atoms with van der Waals surface area (Å²) in [5, 5.41) is 0. The van der Waals surface area contributed by atoms with Gasteiger partial charge in [-0.15, -0.1) is 0 Å². The average molecular weight is 258 g/mol. The standard InChI is InChI=1S/C15H18N2O2/c1-2-13(18)17-10-8-15(9-11-17,14(16)19)12-6-4-3-5-7-12/h2-7H,1,8-11H2,(H2,16,19). The van der Waals surface area contributed by atoms with Crippen LogP contribution in [0.25, 0.3) is 0 Å². The van der Waals surface area contributed by atoms with Gasteiger partial charge in [0, 0.05) is 13.1 Å². The highest BCUT2D eigenvalue weighted by atomic mass is 16.2. The van der Waals surface area contributed by atoms with E-state index in [1.807, 2.05) is 30.3 Å². The van der Waals surface area contributed by atoms with Crippen LogP contribution in [0.15, 0.2) is 43.0 Å².